The van der Waals surface area contributed by atoms with Crippen LogP contribution < -0.4 is 10.6 Å². The van der Waals surface area contributed by atoms with Crippen molar-refractivity contribution in [1.29, 1.82) is 0 Å². The third-order valence-electron chi connectivity index (χ3n) is 0.826. The SMILES string of the molecule is O=[P+]1CNCNC1. The first-order chi connectivity index (χ1) is 3.39. The van der Waals surface area contributed by atoms with Crippen molar-refractivity contribution in [3.8, 4) is 0 Å². The molecule has 1 saturated heterocycles. The molecule has 3 nitrogen and oxygen atoms in total. The molecular weight excluding hydrogens is 111 g/mol. The van der Waals surface area contributed by atoms with Crippen LogP contribution in [-0.4, -0.2) is 19.2 Å². The molecule has 1 heterocycles. The van der Waals surface area contributed by atoms with Crippen LogP contribution in [0.25, 0.3) is 0 Å². The fraction of sp³-hybridized carbons (Fsp3) is 1.00. The maximum Gasteiger partial charge on any atom is 0.369 e. The summed E-state index contributed by atoms with van der Waals surface area (Å²) in [4.78, 5) is 0. The summed E-state index contributed by atoms with van der Waals surface area (Å²) in [5.74, 6) is 0. The highest BCUT2D eigenvalue weighted by atomic mass is 31.1. The third kappa shape index (κ3) is 1.51. The van der Waals surface area contributed by atoms with Gasteiger partial charge in [0, 0.05) is 0 Å². The van der Waals surface area contributed by atoms with Gasteiger partial charge in [-0.15, -0.1) is 0 Å². The van der Waals surface area contributed by atoms with Gasteiger partial charge in [0.2, 0.25) is 0 Å². The smallest absolute Gasteiger partial charge is 0.263 e. The van der Waals surface area contributed by atoms with Crippen LogP contribution in [-0.2, 0) is 4.57 Å². The molecule has 0 amide bonds. The Morgan fingerprint density at radius 3 is 2.14 bits per heavy atom. The fourth-order valence-electron chi connectivity index (χ4n) is 0.505. The van der Waals surface area contributed by atoms with Crippen molar-refractivity contribution < 1.29 is 4.57 Å². The molecule has 2 N–H and O–H groups in total. The largest absolute Gasteiger partial charge is 0.369 e. The van der Waals surface area contributed by atoms with Gasteiger partial charge < -0.3 is 0 Å². The zero-order chi connectivity index (χ0) is 5.11. The Kier molecular flexibility index (Phi) is 1.74. The molecule has 4 heteroatoms. The summed E-state index contributed by atoms with van der Waals surface area (Å²) in [6, 6.07) is 0. The molecule has 0 aromatic rings. The van der Waals surface area contributed by atoms with Gasteiger partial charge in [-0.3, -0.25) is 10.6 Å². The quantitative estimate of drug-likeness (QED) is 0.437. The van der Waals surface area contributed by atoms with Crippen molar-refractivity contribution >= 4 is 7.80 Å². The molecule has 1 rings (SSSR count). The van der Waals surface area contributed by atoms with E-state index in [2.05, 4.69) is 10.6 Å². The van der Waals surface area contributed by atoms with E-state index in [-0.39, 0.29) is 0 Å². The van der Waals surface area contributed by atoms with Crippen LogP contribution in [0, 0.1) is 0 Å². The van der Waals surface area contributed by atoms with Gasteiger partial charge in [-0.25, -0.2) is 0 Å². The van der Waals surface area contributed by atoms with Crippen LogP contribution in [0.15, 0.2) is 0 Å². The first kappa shape index (κ1) is 5.16. The Labute approximate surface area is 43.3 Å². The zero-order valence-electron chi connectivity index (χ0n) is 3.98. The highest BCUT2D eigenvalue weighted by Crippen LogP contribution is 2.16. The van der Waals surface area contributed by atoms with Gasteiger partial charge in [0.1, 0.15) is 0 Å². The van der Waals surface area contributed by atoms with Crippen molar-refractivity contribution in [3.63, 3.8) is 0 Å². The number of nitrogens with one attached hydrogen (secondary N) is 2. The number of hydrogen-bond acceptors (Lipinski definition) is 3. The predicted molar refractivity (Wildman–Crippen MR) is 28.5 cm³/mol. The molecule has 0 aliphatic carbocycles. The second kappa shape index (κ2) is 2.36. The Hall–Kier alpha value is 0.0200. The van der Waals surface area contributed by atoms with Crippen molar-refractivity contribution in [2.45, 2.75) is 0 Å². The Bertz CT molecular complexity index is 77.0. The lowest BCUT2D eigenvalue weighted by atomic mass is 11.0. The van der Waals surface area contributed by atoms with E-state index in [9.17, 15) is 4.57 Å². The molecule has 0 saturated carbocycles. The first-order valence-electron chi connectivity index (χ1n) is 2.23. The van der Waals surface area contributed by atoms with E-state index >= 15 is 0 Å². The average Bonchev–Trinajstić information content (AvgIpc) is 1.69. The highest BCUT2D eigenvalue weighted by Gasteiger charge is 2.16. The monoisotopic (exact) mass is 119 g/mol. The van der Waals surface area contributed by atoms with E-state index in [1.165, 1.54) is 0 Å². The van der Waals surface area contributed by atoms with Gasteiger partial charge >= 0.3 is 7.80 Å². The van der Waals surface area contributed by atoms with Crippen LogP contribution in [0.1, 0.15) is 0 Å². The molecular formula is C3H8N2OP+. The summed E-state index contributed by atoms with van der Waals surface area (Å²) in [7, 11) is -0.964. The lowest BCUT2D eigenvalue weighted by Crippen LogP contribution is -2.33. The topological polar surface area (TPSA) is 41.1 Å². The summed E-state index contributed by atoms with van der Waals surface area (Å²) in [5, 5.41) is 5.88. The van der Waals surface area contributed by atoms with Gasteiger partial charge in [0.05, 0.1) is 6.67 Å². The Morgan fingerprint density at radius 1 is 1.29 bits per heavy atom. The lowest BCUT2D eigenvalue weighted by molar-refractivity contribution is 0.556. The summed E-state index contributed by atoms with van der Waals surface area (Å²) in [6.45, 7) is 0.807. The zero-order valence-corrected chi connectivity index (χ0v) is 4.87. The highest BCUT2D eigenvalue weighted by molar-refractivity contribution is 7.44. The summed E-state index contributed by atoms with van der Waals surface area (Å²) in [6.07, 6.45) is 1.37. The van der Waals surface area contributed by atoms with Crippen molar-refractivity contribution in [2.75, 3.05) is 19.2 Å². The number of rotatable bonds is 0. The molecule has 40 valence electrons. The van der Waals surface area contributed by atoms with Crippen molar-refractivity contribution in [2.24, 2.45) is 0 Å². The second-order valence-corrected chi connectivity index (χ2v) is 3.07. The summed E-state index contributed by atoms with van der Waals surface area (Å²) >= 11 is 0. The molecule has 1 fully saturated rings. The minimum absolute atomic E-state index is 0.683. The van der Waals surface area contributed by atoms with Gasteiger partial charge in [-0.2, -0.15) is 0 Å². The van der Waals surface area contributed by atoms with E-state index < -0.39 is 7.80 Å². The van der Waals surface area contributed by atoms with Crippen LogP contribution in [0.3, 0.4) is 0 Å². The minimum Gasteiger partial charge on any atom is -0.263 e. The minimum atomic E-state index is -0.964. The number of hydrogen-bond donors (Lipinski definition) is 2. The van der Waals surface area contributed by atoms with Gasteiger partial charge in [0.15, 0.2) is 12.6 Å². The summed E-state index contributed by atoms with van der Waals surface area (Å²) in [5.41, 5.74) is 0. The van der Waals surface area contributed by atoms with Gasteiger partial charge in [-0.1, -0.05) is 4.57 Å². The molecule has 0 aromatic heterocycles. The van der Waals surface area contributed by atoms with Crippen LogP contribution >= 0.6 is 7.80 Å². The first-order valence-corrected chi connectivity index (χ1v) is 3.86. The second-order valence-electron chi connectivity index (χ2n) is 1.47. The van der Waals surface area contributed by atoms with Gasteiger partial charge in [0.25, 0.3) is 0 Å². The van der Waals surface area contributed by atoms with E-state index in [1.54, 1.807) is 0 Å². The third-order valence-corrected chi connectivity index (χ3v) is 1.98. The van der Waals surface area contributed by atoms with E-state index in [1.807, 2.05) is 0 Å². The van der Waals surface area contributed by atoms with Crippen LogP contribution in [0.2, 0.25) is 0 Å². The van der Waals surface area contributed by atoms with Crippen molar-refractivity contribution in [1.82, 2.24) is 10.6 Å². The standard InChI is InChI=1S/C3H8N2OP/c6-7-2-4-1-5-3-7/h4-5H,1-3H2/q+1. The molecule has 0 radical (unpaired) electrons. The van der Waals surface area contributed by atoms with Gasteiger partial charge in [-0.05, 0) is 0 Å². The molecule has 0 unspecified atom stereocenters. The molecule has 0 spiro atoms. The molecule has 1 aliphatic rings. The molecule has 0 bridgehead atoms. The maximum absolute atomic E-state index is 10.5. The maximum atomic E-state index is 10.5. The average molecular weight is 119 g/mol. The normalized spacial score (nSPS) is 22.6. The Balaban J connectivity index is 2.25. The van der Waals surface area contributed by atoms with E-state index in [0.29, 0.717) is 12.6 Å². The van der Waals surface area contributed by atoms with E-state index in [4.69, 9.17) is 0 Å². The molecule has 1 aliphatic heterocycles. The van der Waals surface area contributed by atoms with E-state index in [0.717, 1.165) is 6.67 Å². The van der Waals surface area contributed by atoms with Crippen molar-refractivity contribution in [3.05, 3.63) is 0 Å². The summed E-state index contributed by atoms with van der Waals surface area (Å²) < 4.78 is 10.5. The predicted octanol–water partition coefficient (Wildman–Crippen LogP) is -0.121. The Morgan fingerprint density at radius 2 is 1.86 bits per heavy atom. The van der Waals surface area contributed by atoms with Crippen LogP contribution in [0.5, 0.6) is 0 Å². The fourth-order valence-corrected chi connectivity index (χ4v) is 1.34. The van der Waals surface area contributed by atoms with Crippen LogP contribution in [0.4, 0.5) is 0 Å². The molecule has 7 heavy (non-hydrogen) atoms. The molecule has 0 atom stereocenters. The molecule has 0 aromatic carbocycles. The lowest BCUT2D eigenvalue weighted by Gasteiger charge is -2.01.